The van der Waals surface area contributed by atoms with Crippen LogP contribution in [0, 0.1) is 0 Å². The Morgan fingerprint density at radius 1 is 0.906 bits per heavy atom. The molecule has 1 fully saturated rings. The van der Waals surface area contributed by atoms with Crippen LogP contribution in [0.4, 0.5) is 5.82 Å². The number of hydrogen-bond acceptors (Lipinski definition) is 5. The minimum atomic E-state index is 0.0607. The van der Waals surface area contributed by atoms with E-state index in [4.69, 9.17) is 0 Å². The molecule has 0 spiro atoms. The van der Waals surface area contributed by atoms with Crippen LogP contribution >= 0.6 is 11.5 Å². The van der Waals surface area contributed by atoms with Crippen LogP contribution in [0.5, 0.6) is 0 Å². The molecular weight excluding hydrogens is 418 g/mol. The van der Waals surface area contributed by atoms with Crippen molar-refractivity contribution in [1.82, 2.24) is 19.2 Å². The van der Waals surface area contributed by atoms with Crippen molar-refractivity contribution in [3.8, 4) is 11.4 Å². The van der Waals surface area contributed by atoms with Crippen molar-refractivity contribution < 1.29 is 4.79 Å². The highest BCUT2D eigenvalue weighted by atomic mass is 32.1. The van der Waals surface area contributed by atoms with Crippen molar-refractivity contribution in [1.29, 1.82) is 0 Å². The standard InChI is InChI=1S/C25H21N5OS/c31-25(18-10-11-20-21(16-18)27-23(26-20)17-6-2-1-3-7-17)30-14-12-29(13-15-30)24-19-8-4-5-9-22(19)32-28-24/h1-11,16H,12-15H2,(H,26,27). The van der Waals surface area contributed by atoms with Crippen LogP contribution in [-0.4, -0.2) is 51.3 Å². The van der Waals surface area contributed by atoms with E-state index in [2.05, 4.69) is 37.4 Å². The molecule has 3 heterocycles. The first kappa shape index (κ1) is 19.0. The third kappa shape index (κ3) is 3.31. The highest BCUT2D eigenvalue weighted by Crippen LogP contribution is 2.30. The molecule has 1 amide bonds. The van der Waals surface area contributed by atoms with Gasteiger partial charge in [-0.25, -0.2) is 4.98 Å². The van der Waals surface area contributed by atoms with E-state index < -0.39 is 0 Å². The number of amides is 1. The summed E-state index contributed by atoms with van der Waals surface area (Å²) >= 11 is 1.53. The number of aromatic amines is 1. The first-order valence-electron chi connectivity index (χ1n) is 10.7. The summed E-state index contributed by atoms with van der Waals surface area (Å²) in [5.74, 6) is 1.91. The molecule has 7 heteroatoms. The van der Waals surface area contributed by atoms with E-state index in [1.807, 2.05) is 59.5 Å². The molecule has 2 aromatic heterocycles. The first-order chi connectivity index (χ1) is 15.8. The summed E-state index contributed by atoms with van der Waals surface area (Å²) in [7, 11) is 0. The van der Waals surface area contributed by atoms with E-state index in [-0.39, 0.29) is 5.91 Å². The first-order valence-corrected chi connectivity index (χ1v) is 11.5. The number of benzene rings is 3. The molecule has 0 unspecified atom stereocenters. The van der Waals surface area contributed by atoms with Crippen LogP contribution in [0.25, 0.3) is 32.5 Å². The third-order valence-corrected chi connectivity index (χ3v) is 6.82. The molecule has 158 valence electrons. The highest BCUT2D eigenvalue weighted by Gasteiger charge is 2.24. The molecule has 0 aliphatic carbocycles. The minimum Gasteiger partial charge on any atom is -0.352 e. The van der Waals surface area contributed by atoms with Gasteiger partial charge in [-0.05, 0) is 41.9 Å². The smallest absolute Gasteiger partial charge is 0.254 e. The van der Waals surface area contributed by atoms with Crippen LogP contribution in [0.15, 0.2) is 72.8 Å². The van der Waals surface area contributed by atoms with Crippen molar-refractivity contribution in [3.63, 3.8) is 0 Å². The zero-order valence-electron chi connectivity index (χ0n) is 17.4. The van der Waals surface area contributed by atoms with Crippen molar-refractivity contribution in [3.05, 3.63) is 78.4 Å². The summed E-state index contributed by atoms with van der Waals surface area (Å²) in [4.78, 5) is 25.4. The molecule has 1 aliphatic rings. The number of carbonyl (C=O) groups is 1. The number of imidazole rings is 1. The number of nitrogens with one attached hydrogen (secondary N) is 1. The van der Waals surface area contributed by atoms with E-state index in [0.717, 1.165) is 41.3 Å². The Balaban J connectivity index is 1.19. The van der Waals surface area contributed by atoms with Gasteiger partial charge in [0.15, 0.2) is 0 Å². The minimum absolute atomic E-state index is 0.0607. The molecular formula is C25H21N5OS. The number of carbonyl (C=O) groups excluding carboxylic acids is 1. The maximum Gasteiger partial charge on any atom is 0.254 e. The zero-order chi connectivity index (χ0) is 21.5. The second-order valence-corrected chi connectivity index (χ2v) is 8.77. The van der Waals surface area contributed by atoms with E-state index in [1.54, 1.807) is 0 Å². The Kier molecular flexibility index (Phi) is 4.61. The lowest BCUT2D eigenvalue weighted by Crippen LogP contribution is -2.49. The summed E-state index contributed by atoms with van der Waals surface area (Å²) < 4.78 is 5.86. The molecule has 0 radical (unpaired) electrons. The van der Waals surface area contributed by atoms with Gasteiger partial charge in [0, 0.05) is 42.7 Å². The zero-order valence-corrected chi connectivity index (χ0v) is 18.2. The SMILES string of the molecule is O=C(c1ccc2nc(-c3ccccc3)[nH]c2c1)N1CCN(c2nsc3ccccc23)CC1. The van der Waals surface area contributed by atoms with Gasteiger partial charge in [-0.3, -0.25) is 4.79 Å². The fourth-order valence-corrected chi connectivity index (χ4v) is 5.08. The average molecular weight is 440 g/mol. The van der Waals surface area contributed by atoms with Crippen LogP contribution in [-0.2, 0) is 0 Å². The maximum absolute atomic E-state index is 13.2. The molecule has 0 atom stereocenters. The van der Waals surface area contributed by atoms with E-state index in [1.165, 1.54) is 21.6 Å². The number of aromatic nitrogens is 3. The Bertz CT molecular complexity index is 1420. The van der Waals surface area contributed by atoms with E-state index >= 15 is 0 Å². The maximum atomic E-state index is 13.2. The summed E-state index contributed by atoms with van der Waals surface area (Å²) in [6.07, 6.45) is 0. The summed E-state index contributed by atoms with van der Waals surface area (Å²) in [6.45, 7) is 2.93. The predicted molar refractivity (Wildman–Crippen MR) is 129 cm³/mol. The van der Waals surface area contributed by atoms with Crippen molar-refractivity contribution in [2.75, 3.05) is 31.1 Å². The lowest BCUT2D eigenvalue weighted by molar-refractivity contribution is 0.0747. The third-order valence-electron chi connectivity index (χ3n) is 6.00. The van der Waals surface area contributed by atoms with Gasteiger partial charge in [0.25, 0.3) is 5.91 Å². The largest absolute Gasteiger partial charge is 0.352 e. The molecule has 5 aromatic rings. The molecule has 0 bridgehead atoms. The van der Waals surface area contributed by atoms with E-state index in [0.29, 0.717) is 18.7 Å². The van der Waals surface area contributed by atoms with Gasteiger partial charge in [-0.1, -0.05) is 42.5 Å². The van der Waals surface area contributed by atoms with E-state index in [9.17, 15) is 4.79 Å². The molecule has 32 heavy (non-hydrogen) atoms. The van der Waals surface area contributed by atoms with Gasteiger partial charge in [0.2, 0.25) is 0 Å². The molecule has 6 rings (SSSR count). The summed E-state index contributed by atoms with van der Waals surface area (Å²) in [5, 5.41) is 1.19. The summed E-state index contributed by atoms with van der Waals surface area (Å²) in [5.41, 5.74) is 3.46. The second kappa shape index (κ2) is 7.76. The quantitative estimate of drug-likeness (QED) is 0.439. The van der Waals surface area contributed by atoms with Crippen molar-refractivity contribution in [2.45, 2.75) is 0 Å². The van der Waals surface area contributed by atoms with Gasteiger partial charge in [0.1, 0.15) is 11.6 Å². The lowest BCUT2D eigenvalue weighted by Gasteiger charge is -2.35. The fourth-order valence-electron chi connectivity index (χ4n) is 4.28. The van der Waals surface area contributed by atoms with Crippen molar-refractivity contribution >= 4 is 44.4 Å². The summed E-state index contributed by atoms with van der Waals surface area (Å²) in [6, 6.07) is 24.0. The Labute approximate surface area is 189 Å². The van der Waals surface area contributed by atoms with Gasteiger partial charge in [-0.15, -0.1) is 0 Å². The topological polar surface area (TPSA) is 65.1 Å². The fraction of sp³-hybridized carbons (Fsp3) is 0.160. The number of nitrogens with zero attached hydrogens (tertiary/aromatic N) is 4. The molecule has 3 aromatic carbocycles. The van der Waals surface area contributed by atoms with Gasteiger partial charge in [0.05, 0.1) is 15.7 Å². The van der Waals surface area contributed by atoms with Crippen LogP contribution in [0.2, 0.25) is 0 Å². The molecule has 6 nitrogen and oxygen atoms in total. The Morgan fingerprint density at radius 3 is 2.53 bits per heavy atom. The number of fused-ring (bicyclic) bond motifs is 2. The normalized spacial score (nSPS) is 14.4. The highest BCUT2D eigenvalue weighted by molar-refractivity contribution is 7.13. The number of anilines is 1. The monoisotopic (exact) mass is 439 g/mol. The second-order valence-electron chi connectivity index (χ2n) is 7.96. The van der Waals surface area contributed by atoms with Crippen LogP contribution in [0.3, 0.4) is 0 Å². The van der Waals surface area contributed by atoms with Gasteiger partial charge >= 0.3 is 0 Å². The molecule has 1 aliphatic heterocycles. The van der Waals surface area contributed by atoms with Gasteiger partial charge < -0.3 is 14.8 Å². The Hall–Kier alpha value is -3.71. The number of rotatable bonds is 3. The predicted octanol–water partition coefficient (Wildman–Crippen LogP) is 4.80. The number of piperazine rings is 1. The molecule has 1 saturated heterocycles. The van der Waals surface area contributed by atoms with Crippen LogP contribution < -0.4 is 4.90 Å². The molecule has 0 saturated carbocycles. The lowest BCUT2D eigenvalue weighted by atomic mass is 10.1. The molecule has 1 N–H and O–H groups in total. The average Bonchev–Trinajstić information content (AvgIpc) is 3.48. The Morgan fingerprint density at radius 2 is 1.69 bits per heavy atom. The number of H-pyrrole nitrogens is 1. The number of hydrogen-bond donors (Lipinski definition) is 1. The van der Waals surface area contributed by atoms with Gasteiger partial charge in [-0.2, -0.15) is 4.37 Å². The van der Waals surface area contributed by atoms with Crippen LogP contribution in [0.1, 0.15) is 10.4 Å². The van der Waals surface area contributed by atoms with Crippen molar-refractivity contribution in [2.24, 2.45) is 0 Å².